The van der Waals surface area contributed by atoms with Crippen molar-refractivity contribution in [3.05, 3.63) is 23.2 Å². The normalized spacial score (nSPS) is 12.4. The van der Waals surface area contributed by atoms with Crippen LogP contribution >= 0.6 is 15.9 Å². The maximum atomic E-state index is 11.8. The van der Waals surface area contributed by atoms with E-state index < -0.39 is 0 Å². The van der Waals surface area contributed by atoms with E-state index in [1.807, 2.05) is 23.7 Å². The van der Waals surface area contributed by atoms with Gasteiger partial charge in [-0.05, 0) is 29.3 Å². The van der Waals surface area contributed by atoms with E-state index in [4.69, 9.17) is 0 Å². The van der Waals surface area contributed by atoms with Crippen LogP contribution in [0.1, 0.15) is 20.3 Å². The summed E-state index contributed by atoms with van der Waals surface area (Å²) in [6.45, 7) is 4.49. The molecule has 0 aliphatic rings. The largest absolute Gasteiger partial charge is 0.356 e. The van der Waals surface area contributed by atoms with Gasteiger partial charge < -0.3 is 15.0 Å². The van der Waals surface area contributed by atoms with Crippen LogP contribution in [0, 0.1) is 0 Å². The van der Waals surface area contributed by atoms with E-state index in [1.165, 1.54) is 0 Å². The summed E-state index contributed by atoms with van der Waals surface area (Å²) in [5.41, 5.74) is 0.693. The Morgan fingerprint density at radius 2 is 2.37 bits per heavy atom. The number of fused-ring (bicyclic) bond motifs is 1. The molecule has 2 heterocycles. The average Bonchev–Trinajstić information content (AvgIpc) is 2.83. The fourth-order valence-corrected chi connectivity index (χ4v) is 2.07. The molecule has 102 valence electrons. The molecule has 0 saturated heterocycles. The molecule has 0 aliphatic carbocycles. The van der Waals surface area contributed by atoms with Gasteiger partial charge in [-0.3, -0.25) is 4.79 Å². The number of imidazole rings is 1. The topological polar surface area (TPSA) is 71.3 Å². The number of halogens is 1. The molecule has 0 fully saturated rings. The molecule has 2 N–H and O–H groups in total. The van der Waals surface area contributed by atoms with Crippen LogP contribution in [0.5, 0.6) is 0 Å². The van der Waals surface area contributed by atoms with Crippen molar-refractivity contribution in [3.8, 4) is 0 Å². The van der Waals surface area contributed by atoms with Crippen LogP contribution < -0.4 is 10.6 Å². The van der Waals surface area contributed by atoms with Crippen LogP contribution in [0.3, 0.4) is 0 Å². The fourth-order valence-electron chi connectivity index (χ4n) is 1.67. The van der Waals surface area contributed by atoms with Crippen molar-refractivity contribution in [1.29, 1.82) is 0 Å². The lowest BCUT2D eigenvalue weighted by molar-refractivity contribution is -0.121. The molecule has 1 unspecified atom stereocenters. The first-order valence-corrected chi connectivity index (χ1v) is 6.94. The van der Waals surface area contributed by atoms with Gasteiger partial charge in [-0.25, -0.2) is 9.97 Å². The summed E-state index contributed by atoms with van der Waals surface area (Å²) < 4.78 is 2.53. The number of rotatable bonds is 5. The smallest absolute Gasteiger partial charge is 0.242 e. The van der Waals surface area contributed by atoms with Crippen LogP contribution in [-0.2, 0) is 4.79 Å². The van der Waals surface area contributed by atoms with E-state index in [0.717, 1.165) is 6.42 Å². The van der Waals surface area contributed by atoms with E-state index in [0.29, 0.717) is 22.6 Å². The molecule has 1 atom stereocenters. The minimum absolute atomic E-state index is 0.0478. The second-order valence-electron chi connectivity index (χ2n) is 4.23. The quantitative estimate of drug-likeness (QED) is 0.879. The number of anilines is 1. The Bertz CT molecular complexity index is 583. The number of carbonyl (C=O) groups excluding carboxylic acids is 1. The Labute approximate surface area is 119 Å². The van der Waals surface area contributed by atoms with Crippen molar-refractivity contribution in [1.82, 2.24) is 19.7 Å². The van der Waals surface area contributed by atoms with E-state index in [1.54, 1.807) is 13.1 Å². The predicted octanol–water partition coefficient (Wildman–Crippen LogP) is 1.82. The SMILES string of the molecule is CCCNC(=O)C(C)Nc1nc(Br)cn2ccnc12. The van der Waals surface area contributed by atoms with Crippen LogP contribution in [0.25, 0.3) is 5.65 Å². The van der Waals surface area contributed by atoms with Crippen molar-refractivity contribution in [2.24, 2.45) is 0 Å². The second-order valence-corrected chi connectivity index (χ2v) is 5.04. The Kier molecular flexibility index (Phi) is 4.36. The Morgan fingerprint density at radius 1 is 1.58 bits per heavy atom. The van der Waals surface area contributed by atoms with Gasteiger partial charge in [0.05, 0.1) is 0 Å². The summed E-state index contributed by atoms with van der Waals surface area (Å²) in [6, 6.07) is -0.367. The van der Waals surface area contributed by atoms with Crippen LogP contribution in [0.15, 0.2) is 23.2 Å². The van der Waals surface area contributed by atoms with E-state index in [-0.39, 0.29) is 11.9 Å². The minimum Gasteiger partial charge on any atom is -0.356 e. The molecule has 0 spiro atoms. The lowest BCUT2D eigenvalue weighted by Crippen LogP contribution is -2.38. The van der Waals surface area contributed by atoms with Gasteiger partial charge in [0.15, 0.2) is 11.5 Å². The van der Waals surface area contributed by atoms with Gasteiger partial charge in [0.25, 0.3) is 0 Å². The number of hydrogen-bond acceptors (Lipinski definition) is 4. The van der Waals surface area contributed by atoms with Crippen molar-refractivity contribution < 1.29 is 4.79 Å². The highest BCUT2D eigenvalue weighted by Crippen LogP contribution is 2.17. The molecule has 0 aliphatic heterocycles. The monoisotopic (exact) mass is 325 g/mol. The molecule has 19 heavy (non-hydrogen) atoms. The maximum absolute atomic E-state index is 11.8. The van der Waals surface area contributed by atoms with E-state index in [2.05, 4.69) is 36.5 Å². The summed E-state index contributed by atoms with van der Waals surface area (Å²) in [4.78, 5) is 20.4. The molecule has 0 saturated carbocycles. The van der Waals surface area contributed by atoms with E-state index >= 15 is 0 Å². The van der Waals surface area contributed by atoms with Crippen molar-refractivity contribution >= 4 is 33.3 Å². The van der Waals surface area contributed by atoms with Gasteiger partial charge in [-0.15, -0.1) is 0 Å². The molecule has 1 amide bonds. The van der Waals surface area contributed by atoms with Crippen LogP contribution in [0.2, 0.25) is 0 Å². The molecule has 2 rings (SSSR count). The number of nitrogens with zero attached hydrogens (tertiary/aromatic N) is 3. The zero-order valence-corrected chi connectivity index (χ0v) is 12.4. The highest BCUT2D eigenvalue weighted by atomic mass is 79.9. The molecular formula is C12H16BrN5O. The van der Waals surface area contributed by atoms with Gasteiger partial charge in [0.1, 0.15) is 10.6 Å². The lowest BCUT2D eigenvalue weighted by atomic mass is 10.3. The molecule has 0 bridgehead atoms. The highest BCUT2D eigenvalue weighted by molar-refractivity contribution is 9.10. The summed E-state index contributed by atoms with van der Waals surface area (Å²) >= 11 is 3.34. The van der Waals surface area contributed by atoms with Crippen molar-refractivity contribution in [2.75, 3.05) is 11.9 Å². The molecule has 7 heteroatoms. The van der Waals surface area contributed by atoms with Crippen molar-refractivity contribution in [2.45, 2.75) is 26.3 Å². The third-order valence-electron chi connectivity index (χ3n) is 2.64. The van der Waals surface area contributed by atoms with Gasteiger partial charge in [0, 0.05) is 25.1 Å². The zero-order chi connectivity index (χ0) is 13.8. The fraction of sp³-hybridized carbons (Fsp3) is 0.417. The first-order valence-electron chi connectivity index (χ1n) is 6.15. The van der Waals surface area contributed by atoms with Gasteiger partial charge >= 0.3 is 0 Å². The molecular weight excluding hydrogens is 310 g/mol. The summed E-state index contributed by atoms with van der Waals surface area (Å²) in [5.74, 6) is 0.534. The van der Waals surface area contributed by atoms with Gasteiger partial charge in [0.2, 0.25) is 5.91 Å². The molecule has 2 aromatic rings. The first kappa shape index (κ1) is 13.8. The van der Waals surface area contributed by atoms with E-state index in [9.17, 15) is 4.79 Å². The summed E-state index contributed by atoms with van der Waals surface area (Å²) in [5, 5.41) is 5.92. The number of hydrogen-bond donors (Lipinski definition) is 2. The Hall–Kier alpha value is -1.63. The molecule has 0 radical (unpaired) electrons. The third kappa shape index (κ3) is 3.23. The standard InChI is InChI=1S/C12H16BrN5O/c1-3-4-15-12(19)8(2)16-10-11-14-5-6-18(11)7-9(13)17-10/h5-8H,3-4H2,1-2H3,(H,15,19)(H,16,17). The minimum atomic E-state index is -0.367. The molecule has 0 aromatic carbocycles. The highest BCUT2D eigenvalue weighted by Gasteiger charge is 2.15. The van der Waals surface area contributed by atoms with Gasteiger partial charge in [-0.2, -0.15) is 0 Å². The van der Waals surface area contributed by atoms with Gasteiger partial charge in [-0.1, -0.05) is 6.92 Å². The van der Waals surface area contributed by atoms with Crippen LogP contribution in [-0.4, -0.2) is 32.9 Å². The average molecular weight is 326 g/mol. The number of aromatic nitrogens is 3. The predicted molar refractivity (Wildman–Crippen MR) is 77.1 cm³/mol. The summed E-state index contributed by atoms with van der Waals surface area (Å²) in [6.07, 6.45) is 6.25. The summed E-state index contributed by atoms with van der Waals surface area (Å²) in [7, 11) is 0. The Morgan fingerprint density at radius 3 is 3.11 bits per heavy atom. The maximum Gasteiger partial charge on any atom is 0.242 e. The zero-order valence-electron chi connectivity index (χ0n) is 10.9. The number of nitrogens with one attached hydrogen (secondary N) is 2. The third-order valence-corrected chi connectivity index (χ3v) is 3.02. The van der Waals surface area contributed by atoms with Crippen molar-refractivity contribution in [3.63, 3.8) is 0 Å². The van der Waals surface area contributed by atoms with Crippen LogP contribution in [0.4, 0.5) is 5.82 Å². The first-order chi connectivity index (χ1) is 9.11. The number of carbonyl (C=O) groups is 1. The number of amides is 1. The molecule has 2 aromatic heterocycles. The Balaban J connectivity index is 2.16. The second kappa shape index (κ2) is 6.01. The molecule has 6 nitrogen and oxygen atoms in total. The lowest BCUT2D eigenvalue weighted by Gasteiger charge is -2.15.